The van der Waals surface area contributed by atoms with Crippen molar-refractivity contribution in [2.45, 2.75) is 24.3 Å². The number of amides is 1. The molecule has 1 saturated carbocycles. The molecular formula is C30H30N4O3. The Morgan fingerprint density at radius 3 is 2.51 bits per heavy atom. The summed E-state index contributed by atoms with van der Waals surface area (Å²) in [6.07, 6.45) is 4.89. The van der Waals surface area contributed by atoms with E-state index >= 15 is 0 Å². The highest BCUT2D eigenvalue weighted by Crippen LogP contribution is 2.66. The van der Waals surface area contributed by atoms with Crippen molar-refractivity contribution in [2.75, 3.05) is 33.6 Å². The number of hydrogen-bond donors (Lipinski definition) is 2. The van der Waals surface area contributed by atoms with Gasteiger partial charge in [0.25, 0.3) is 0 Å². The number of fused-ring (bicyclic) bond motifs is 3. The van der Waals surface area contributed by atoms with E-state index in [4.69, 9.17) is 9.47 Å². The van der Waals surface area contributed by atoms with E-state index in [-0.39, 0.29) is 11.8 Å². The SMILES string of the molecule is COc1cc2c(cc1OC)[C@]1(C[C@H]1c1ccc3c(C=Cc4ccc(CN(C)C)cc4)n[nH]c3c1)C(=O)N2. The van der Waals surface area contributed by atoms with Gasteiger partial charge in [0.15, 0.2) is 11.5 Å². The molecule has 2 heterocycles. The summed E-state index contributed by atoms with van der Waals surface area (Å²) < 4.78 is 10.9. The average molecular weight is 495 g/mol. The maximum Gasteiger partial charge on any atom is 0.235 e. The van der Waals surface area contributed by atoms with Crippen molar-refractivity contribution in [3.8, 4) is 11.5 Å². The topological polar surface area (TPSA) is 79.5 Å². The van der Waals surface area contributed by atoms with Gasteiger partial charge in [-0.3, -0.25) is 9.89 Å². The van der Waals surface area contributed by atoms with Gasteiger partial charge in [-0.1, -0.05) is 42.5 Å². The largest absolute Gasteiger partial charge is 0.493 e. The van der Waals surface area contributed by atoms with E-state index < -0.39 is 5.41 Å². The molecule has 1 aromatic heterocycles. The van der Waals surface area contributed by atoms with Gasteiger partial charge in [0, 0.05) is 29.6 Å². The van der Waals surface area contributed by atoms with Crippen LogP contribution in [0.4, 0.5) is 5.69 Å². The molecule has 1 aliphatic carbocycles. The quantitative estimate of drug-likeness (QED) is 0.370. The van der Waals surface area contributed by atoms with Crippen molar-refractivity contribution < 1.29 is 14.3 Å². The van der Waals surface area contributed by atoms with Crippen LogP contribution < -0.4 is 14.8 Å². The molecule has 1 amide bonds. The van der Waals surface area contributed by atoms with E-state index in [0.29, 0.717) is 11.5 Å². The first-order valence-electron chi connectivity index (χ1n) is 12.4. The lowest BCUT2D eigenvalue weighted by Gasteiger charge is -2.13. The summed E-state index contributed by atoms with van der Waals surface area (Å²) in [4.78, 5) is 15.3. The lowest BCUT2D eigenvalue weighted by Crippen LogP contribution is -2.21. The van der Waals surface area contributed by atoms with Gasteiger partial charge >= 0.3 is 0 Å². The summed E-state index contributed by atoms with van der Waals surface area (Å²) in [6, 6.07) is 18.7. The van der Waals surface area contributed by atoms with Gasteiger partial charge in [0.05, 0.1) is 30.8 Å². The van der Waals surface area contributed by atoms with E-state index in [2.05, 4.69) is 83.0 Å². The zero-order valence-corrected chi connectivity index (χ0v) is 21.5. The molecule has 188 valence electrons. The minimum absolute atomic E-state index is 0.0349. The Bertz CT molecular complexity index is 1540. The summed E-state index contributed by atoms with van der Waals surface area (Å²) in [6.45, 7) is 0.924. The number of benzene rings is 3. The number of anilines is 1. The Hall–Kier alpha value is -4.10. The molecule has 2 aliphatic rings. The first-order valence-corrected chi connectivity index (χ1v) is 12.4. The Balaban J connectivity index is 1.25. The van der Waals surface area contributed by atoms with Crippen molar-refractivity contribution in [2.24, 2.45) is 0 Å². The third-order valence-corrected chi connectivity index (χ3v) is 7.55. The van der Waals surface area contributed by atoms with Crippen LogP contribution in [0.5, 0.6) is 11.5 Å². The Morgan fingerprint density at radius 2 is 1.78 bits per heavy atom. The van der Waals surface area contributed by atoms with Crippen LogP contribution in [-0.2, 0) is 16.8 Å². The van der Waals surface area contributed by atoms with Crippen LogP contribution >= 0.6 is 0 Å². The van der Waals surface area contributed by atoms with Crippen molar-refractivity contribution in [3.05, 3.63) is 82.5 Å². The zero-order valence-electron chi connectivity index (χ0n) is 21.5. The molecule has 4 aromatic rings. The maximum absolute atomic E-state index is 13.1. The predicted octanol–water partition coefficient (Wildman–Crippen LogP) is 5.19. The molecule has 7 heteroatoms. The summed E-state index contributed by atoms with van der Waals surface area (Å²) in [7, 11) is 7.35. The van der Waals surface area contributed by atoms with Crippen LogP contribution in [0.3, 0.4) is 0 Å². The number of hydrogen-bond acceptors (Lipinski definition) is 5. The number of rotatable bonds is 7. The van der Waals surface area contributed by atoms with Crippen LogP contribution in [0.2, 0.25) is 0 Å². The van der Waals surface area contributed by atoms with Gasteiger partial charge < -0.3 is 19.7 Å². The normalized spacial score (nSPS) is 20.1. The molecule has 0 unspecified atom stereocenters. The van der Waals surface area contributed by atoms with Crippen LogP contribution in [0.25, 0.3) is 23.1 Å². The third-order valence-electron chi connectivity index (χ3n) is 7.55. The Labute approximate surface area is 216 Å². The van der Waals surface area contributed by atoms with Crippen LogP contribution in [0.1, 0.15) is 40.3 Å². The lowest BCUT2D eigenvalue weighted by molar-refractivity contribution is -0.118. The first-order chi connectivity index (χ1) is 17.9. The number of nitrogens with zero attached hydrogens (tertiary/aromatic N) is 2. The standard InChI is InChI=1S/C30H30N4O3/c1-34(2)17-19-7-5-18(6-8-19)9-12-24-21-11-10-20(13-25(21)33-32-24)23-16-30(23)22-14-27(36-3)28(37-4)15-26(22)31-29(30)35/h5-15,23H,16-17H2,1-4H3,(H,31,35)(H,32,33)/t23-,30-/m0/s1. The number of methoxy groups -OCH3 is 2. The van der Waals surface area contributed by atoms with Crippen molar-refractivity contribution >= 4 is 34.6 Å². The number of carbonyl (C=O) groups excluding carboxylic acids is 1. The second-order valence-corrected chi connectivity index (χ2v) is 10.2. The predicted molar refractivity (Wildman–Crippen MR) is 146 cm³/mol. The van der Waals surface area contributed by atoms with Gasteiger partial charge in [0.1, 0.15) is 0 Å². The number of aromatic nitrogens is 2. The minimum Gasteiger partial charge on any atom is -0.493 e. The fourth-order valence-corrected chi connectivity index (χ4v) is 5.60. The first kappa shape index (κ1) is 23.3. The van der Waals surface area contributed by atoms with E-state index in [1.807, 2.05) is 18.2 Å². The van der Waals surface area contributed by atoms with Crippen LogP contribution in [0.15, 0.2) is 54.6 Å². The smallest absolute Gasteiger partial charge is 0.235 e. The van der Waals surface area contributed by atoms with Crippen LogP contribution in [0, 0.1) is 0 Å². The highest BCUT2D eigenvalue weighted by molar-refractivity contribution is 6.10. The summed E-state index contributed by atoms with van der Waals surface area (Å²) in [5.41, 5.74) is 6.61. The maximum atomic E-state index is 13.1. The second kappa shape index (κ2) is 8.78. The van der Waals surface area contributed by atoms with Crippen molar-refractivity contribution in [3.63, 3.8) is 0 Å². The van der Waals surface area contributed by atoms with Gasteiger partial charge in [-0.05, 0) is 61.0 Å². The fraction of sp³-hybridized carbons (Fsp3) is 0.267. The fourth-order valence-electron chi connectivity index (χ4n) is 5.60. The molecular weight excluding hydrogens is 464 g/mol. The second-order valence-electron chi connectivity index (χ2n) is 10.2. The molecule has 2 N–H and O–H groups in total. The molecule has 6 rings (SSSR count). The Kier molecular flexibility index (Phi) is 5.53. The van der Waals surface area contributed by atoms with Gasteiger partial charge in [-0.25, -0.2) is 0 Å². The molecule has 0 saturated heterocycles. The van der Waals surface area contributed by atoms with Crippen molar-refractivity contribution in [1.29, 1.82) is 0 Å². The van der Waals surface area contributed by atoms with Gasteiger partial charge in [-0.2, -0.15) is 5.10 Å². The number of aromatic amines is 1. The Morgan fingerprint density at radius 1 is 1.03 bits per heavy atom. The molecule has 2 atom stereocenters. The number of nitrogens with one attached hydrogen (secondary N) is 2. The molecule has 37 heavy (non-hydrogen) atoms. The summed E-state index contributed by atoms with van der Waals surface area (Å²) in [5.74, 6) is 1.38. The molecule has 3 aromatic carbocycles. The molecule has 7 nitrogen and oxygen atoms in total. The van der Waals surface area contributed by atoms with Gasteiger partial charge in [0.2, 0.25) is 5.91 Å². The molecule has 1 aliphatic heterocycles. The molecule has 0 radical (unpaired) electrons. The summed E-state index contributed by atoms with van der Waals surface area (Å²) in [5, 5.41) is 11.8. The molecule has 1 fully saturated rings. The number of H-pyrrole nitrogens is 1. The minimum atomic E-state index is -0.565. The lowest BCUT2D eigenvalue weighted by atomic mass is 9.91. The van der Waals surface area contributed by atoms with E-state index in [0.717, 1.165) is 51.9 Å². The third kappa shape index (κ3) is 3.86. The zero-order chi connectivity index (χ0) is 25.7. The molecule has 0 bridgehead atoms. The monoisotopic (exact) mass is 494 g/mol. The number of ether oxygens (including phenoxy) is 2. The highest BCUT2D eigenvalue weighted by Gasteiger charge is 2.65. The van der Waals surface area contributed by atoms with Gasteiger partial charge in [-0.15, -0.1) is 0 Å². The van der Waals surface area contributed by atoms with Crippen molar-refractivity contribution in [1.82, 2.24) is 15.1 Å². The highest BCUT2D eigenvalue weighted by atomic mass is 16.5. The summed E-state index contributed by atoms with van der Waals surface area (Å²) >= 11 is 0. The van der Waals surface area contributed by atoms with E-state index in [1.54, 1.807) is 14.2 Å². The molecule has 1 spiro atoms. The van der Waals surface area contributed by atoms with E-state index in [9.17, 15) is 4.79 Å². The number of carbonyl (C=O) groups is 1. The average Bonchev–Trinajstić information content (AvgIpc) is 3.44. The van der Waals surface area contributed by atoms with Crippen LogP contribution in [-0.4, -0.2) is 49.3 Å². The van der Waals surface area contributed by atoms with E-state index in [1.165, 1.54) is 5.56 Å².